The summed E-state index contributed by atoms with van der Waals surface area (Å²) < 4.78 is 10.0. The lowest BCUT2D eigenvalue weighted by Crippen LogP contribution is -2.65. The maximum atomic E-state index is 14.2. The second kappa shape index (κ2) is 7.61. The summed E-state index contributed by atoms with van der Waals surface area (Å²) in [7, 11) is 1.17. The molecular formula is C25H32O8. The number of methoxy groups -OCH3 is 1. The fourth-order valence-electron chi connectivity index (χ4n) is 6.95. The van der Waals surface area contributed by atoms with Gasteiger partial charge in [0.05, 0.1) is 19.1 Å². The van der Waals surface area contributed by atoms with Crippen molar-refractivity contribution in [3.63, 3.8) is 0 Å². The zero-order valence-electron chi connectivity index (χ0n) is 19.6. The van der Waals surface area contributed by atoms with Crippen LogP contribution in [0.15, 0.2) is 35.5 Å². The molecule has 4 aliphatic carbocycles. The molecule has 3 N–H and O–H groups in total. The summed E-state index contributed by atoms with van der Waals surface area (Å²) in [5, 5.41) is 33.6. The van der Waals surface area contributed by atoms with E-state index in [0.717, 1.165) is 12.2 Å². The number of hydrogen-bond donors (Lipinski definition) is 3. The normalized spacial score (nSPS) is 43.0. The molecule has 2 fully saturated rings. The minimum atomic E-state index is -2.20. The first kappa shape index (κ1) is 23.9. The summed E-state index contributed by atoms with van der Waals surface area (Å²) in [5.74, 6) is -2.52. The quantitative estimate of drug-likeness (QED) is 0.323. The van der Waals surface area contributed by atoms with Crippen LogP contribution in [0.3, 0.4) is 0 Å². The summed E-state index contributed by atoms with van der Waals surface area (Å²) in [6, 6.07) is 0. The predicted molar refractivity (Wildman–Crippen MR) is 116 cm³/mol. The van der Waals surface area contributed by atoms with Gasteiger partial charge in [0.15, 0.2) is 17.5 Å². The topological polar surface area (TPSA) is 130 Å². The van der Waals surface area contributed by atoms with Crippen molar-refractivity contribution >= 4 is 17.7 Å². The SMILES string of the molecule is COC(=O)C=CC(=O)OC1C(C)=CC23C(=O)C(C=C(CO)C(O)C12O)C1C(CC3C)C1(C)C. The Kier molecular flexibility index (Phi) is 5.50. The van der Waals surface area contributed by atoms with E-state index in [1.165, 1.54) is 7.11 Å². The molecule has 4 rings (SSSR count). The first-order valence-corrected chi connectivity index (χ1v) is 11.3. The molecule has 8 heteroatoms. The van der Waals surface area contributed by atoms with Crippen molar-refractivity contribution in [3.05, 3.63) is 35.5 Å². The number of hydrogen-bond acceptors (Lipinski definition) is 8. The highest BCUT2D eigenvalue weighted by molar-refractivity contribution is 5.96. The third-order valence-electron chi connectivity index (χ3n) is 8.69. The molecule has 0 aromatic heterocycles. The molecule has 0 saturated heterocycles. The molecule has 8 atom stereocenters. The molecule has 2 bridgehead atoms. The Hall–Kier alpha value is -2.29. The van der Waals surface area contributed by atoms with Gasteiger partial charge in [-0.2, -0.15) is 0 Å². The van der Waals surface area contributed by atoms with E-state index in [4.69, 9.17) is 4.74 Å². The van der Waals surface area contributed by atoms with Crippen LogP contribution in [0.25, 0.3) is 0 Å². The standard InChI is InChI=1S/C25H32O8/c1-12-10-24-13(2)8-16-19(23(16,3)4)15(21(24)30)9-14(11-26)20(29)25(24,31)22(12)33-18(28)7-6-17(27)32-5/h6-7,9-10,13,15-16,19-20,22,26,29,31H,8,11H2,1-5H3. The van der Waals surface area contributed by atoms with Crippen LogP contribution in [0.2, 0.25) is 0 Å². The summed E-state index contributed by atoms with van der Waals surface area (Å²) in [6.07, 6.45) is 2.74. The second-order valence-electron chi connectivity index (χ2n) is 10.5. The Bertz CT molecular complexity index is 990. The molecule has 4 aliphatic rings. The highest BCUT2D eigenvalue weighted by atomic mass is 16.6. The highest BCUT2D eigenvalue weighted by Crippen LogP contribution is 2.71. The van der Waals surface area contributed by atoms with Gasteiger partial charge < -0.3 is 24.8 Å². The number of carbonyl (C=O) groups excluding carboxylic acids is 3. The second-order valence-corrected chi connectivity index (χ2v) is 10.5. The molecule has 1 spiro atoms. The average molecular weight is 461 g/mol. The molecule has 0 amide bonds. The molecule has 180 valence electrons. The number of Topliss-reactive ketones (excluding diaryl/α,β-unsaturated/α-hetero) is 1. The van der Waals surface area contributed by atoms with Crippen LogP contribution >= 0.6 is 0 Å². The number of esters is 2. The molecule has 0 aromatic rings. The molecule has 8 unspecified atom stereocenters. The molecule has 0 aromatic carbocycles. The Balaban J connectivity index is 1.82. The van der Waals surface area contributed by atoms with Crippen LogP contribution in [0.1, 0.15) is 34.1 Å². The van der Waals surface area contributed by atoms with Crippen molar-refractivity contribution in [3.8, 4) is 0 Å². The van der Waals surface area contributed by atoms with Gasteiger partial charge in [0, 0.05) is 18.1 Å². The lowest BCUT2D eigenvalue weighted by atomic mass is 9.59. The van der Waals surface area contributed by atoms with Crippen molar-refractivity contribution < 1.29 is 39.2 Å². The number of aliphatic hydroxyl groups excluding tert-OH is 2. The van der Waals surface area contributed by atoms with Gasteiger partial charge in [0.2, 0.25) is 0 Å². The Morgan fingerprint density at radius 2 is 1.88 bits per heavy atom. The number of rotatable bonds is 4. The van der Waals surface area contributed by atoms with Crippen molar-refractivity contribution in [2.45, 2.75) is 51.9 Å². The van der Waals surface area contributed by atoms with E-state index < -0.39 is 47.7 Å². The Morgan fingerprint density at radius 1 is 1.24 bits per heavy atom. The first-order chi connectivity index (χ1) is 15.4. The van der Waals surface area contributed by atoms with Gasteiger partial charge >= 0.3 is 11.9 Å². The van der Waals surface area contributed by atoms with Gasteiger partial charge in [-0.1, -0.05) is 32.9 Å². The fraction of sp³-hybridized carbons (Fsp3) is 0.640. The van der Waals surface area contributed by atoms with E-state index in [1.807, 2.05) is 6.92 Å². The molecule has 0 aliphatic heterocycles. The van der Waals surface area contributed by atoms with Crippen molar-refractivity contribution in [2.24, 2.45) is 34.5 Å². The molecule has 8 nitrogen and oxygen atoms in total. The average Bonchev–Trinajstić information content (AvgIpc) is 3.26. The van der Waals surface area contributed by atoms with Crippen LogP contribution in [-0.2, 0) is 23.9 Å². The smallest absolute Gasteiger partial charge is 0.331 e. The molecule has 2 saturated carbocycles. The molecular weight excluding hydrogens is 428 g/mol. The van der Waals surface area contributed by atoms with Gasteiger partial charge in [-0.05, 0) is 47.7 Å². The van der Waals surface area contributed by atoms with Crippen LogP contribution in [0.4, 0.5) is 0 Å². The van der Waals surface area contributed by atoms with E-state index in [-0.39, 0.29) is 34.5 Å². The van der Waals surface area contributed by atoms with Gasteiger partial charge in [0.25, 0.3) is 0 Å². The summed E-state index contributed by atoms with van der Waals surface area (Å²) in [4.78, 5) is 38.0. The highest BCUT2D eigenvalue weighted by Gasteiger charge is 2.76. The van der Waals surface area contributed by atoms with E-state index in [0.29, 0.717) is 12.0 Å². The number of aliphatic hydroxyl groups is 3. The third-order valence-corrected chi connectivity index (χ3v) is 8.69. The number of ether oxygens (including phenoxy) is 2. The van der Waals surface area contributed by atoms with Crippen LogP contribution in [0, 0.1) is 34.5 Å². The first-order valence-electron chi connectivity index (χ1n) is 11.3. The van der Waals surface area contributed by atoms with Crippen LogP contribution < -0.4 is 0 Å². The third kappa shape index (κ3) is 3.03. The van der Waals surface area contributed by atoms with E-state index in [1.54, 1.807) is 19.1 Å². The van der Waals surface area contributed by atoms with Gasteiger partial charge in [-0.25, -0.2) is 9.59 Å². The van der Waals surface area contributed by atoms with Gasteiger partial charge in [-0.3, -0.25) is 4.79 Å². The number of fused-ring (bicyclic) bond motifs is 3. The van der Waals surface area contributed by atoms with E-state index in [2.05, 4.69) is 18.6 Å². The number of ketones is 1. The summed E-state index contributed by atoms with van der Waals surface area (Å²) in [6.45, 7) is 7.22. The zero-order chi connectivity index (χ0) is 24.5. The lowest BCUT2D eigenvalue weighted by molar-refractivity contribution is -0.201. The Morgan fingerprint density at radius 3 is 2.48 bits per heavy atom. The van der Waals surface area contributed by atoms with Gasteiger partial charge in [-0.15, -0.1) is 0 Å². The number of allylic oxidation sites excluding steroid dienone is 1. The largest absolute Gasteiger partial charge is 0.466 e. The fourth-order valence-corrected chi connectivity index (χ4v) is 6.95. The van der Waals surface area contributed by atoms with Crippen molar-refractivity contribution in [1.29, 1.82) is 0 Å². The number of carbonyl (C=O) groups is 3. The summed E-state index contributed by atoms with van der Waals surface area (Å²) in [5.41, 5.74) is -3.18. The van der Waals surface area contributed by atoms with E-state index >= 15 is 0 Å². The molecule has 0 heterocycles. The summed E-state index contributed by atoms with van der Waals surface area (Å²) >= 11 is 0. The van der Waals surface area contributed by atoms with Gasteiger partial charge in [0.1, 0.15) is 6.10 Å². The van der Waals surface area contributed by atoms with Crippen LogP contribution in [0.5, 0.6) is 0 Å². The Labute approximate surface area is 193 Å². The van der Waals surface area contributed by atoms with Crippen molar-refractivity contribution in [1.82, 2.24) is 0 Å². The van der Waals surface area contributed by atoms with Crippen molar-refractivity contribution in [2.75, 3.05) is 13.7 Å². The molecule has 33 heavy (non-hydrogen) atoms. The minimum Gasteiger partial charge on any atom is -0.466 e. The maximum absolute atomic E-state index is 14.2. The maximum Gasteiger partial charge on any atom is 0.331 e. The van der Waals surface area contributed by atoms with Crippen LogP contribution in [-0.4, -0.2) is 64.6 Å². The zero-order valence-corrected chi connectivity index (χ0v) is 19.6. The predicted octanol–water partition coefficient (Wildman–Crippen LogP) is 1.10. The monoisotopic (exact) mass is 460 g/mol. The minimum absolute atomic E-state index is 0.0428. The van der Waals surface area contributed by atoms with E-state index in [9.17, 15) is 29.7 Å². The molecule has 0 radical (unpaired) electrons. The lowest BCUT2D eigenvalue weighted by Gasteiger charge is -2.48.